The van der Waals surface area contributed by atoms with Crippen LogP contribution in [0.4, 0.5) is 14.6 Å². The van der Waals surface area contributed by atoms with Gasteiger partial charge in [-0.1, -0.05) is 30.3 Å². The molecule has 1 saturated heterocycles. The van der Waals surface area contributed by atoms with Crippen LogP contribution in [-0.2, 0) is 0 Å². The van der Waals surface area contributed by atoms with Crippen LogP contribution in [0.1, 0.15) is 5.69 Å². The third-order valence-electron chi connectivity index (χ3n) is 6.13. The number of aryl methyl sites for hydroxylation is 1. The highest BCUT2D eigenvalue weighted by atomic mass is 19.1. The van der Waals surface area contributed by atoms with Gasteiger partial charge in [-0.25, -0.2) is 13.8 Å². The lowest BCUT2D eigenvalue weighted by Gasteiger charge is -2.35. The highest BCUT2D eigenvalue weighted by molar-refractivity contribution is 5.83. The van der Waals surface area contributed by atoms with Crippen molar-refractivity contribution in [2.75, 3.05) is 44.2 Å². The number of piperazine rings is 1. The van der Waals surface area contributed by atoms with E-state index in [1.165, 1.54) is 12.1 Å². The van der Waals surface area contributed by atoms with Crippen LogP contribution in [0.3, 0.4) is 0 Å². The largest absolute Gasteiger partial charge is 0.395 e. The van der Waals surface area contributed by atoms with Gasteiger partial charge in [-0.05, 0) is 19.1 Å². The third kappa shape index (κ3) is 4.07. The van der Waals surface area contributed by atoms with Gasteiger partial charge in [0.1, 0.15) is 17.5 Å². The third-order valence-corrected chi connectivity index (χ3v) is 6.13. The van der Waals surface area contributed by atoms with Crippen molar-refractivity contribution in [2.45, 2.75) is 6.92 Å². The molecule has 0 spiro atoms. The number of halogens is 2. The van der Waals surface area contributed by atoms with E-state index in [-0.39, 0.29) is 12.2 Å². The van der Waals surface area contributed by atoms with E-state index in [9.17, 15) is 13.9 Å². The fourth-order valence-electron chi connectivity index (χ4n) is 4.44. The first kappa shape index (κ1) is 21.5. The lowest BCUT2D eigenvalue weighted by Crippen LogP contribution is -2.47. The lowest BCUT2D eigenvalue weighted by molar-refractivity contribution is 0.188. The van der Waals surface area contributed by atoms with E-state index in [1.807, 2.05) is 43.3 Å². The Labute approximate surface area is 190 Å². The smallest absolute Gasteiger partial charge is 0.166 e. The summed E-state index contributed by atoms with van der Waals surface area (Å²) in [5.41, 5.74) is 3.71. The molecular weight excluding hydrogens is 424 g/mol. The zero-order valence-electron chi connectivity index (χ0n) is 18.4. The molecule has 4 aromatic rings. The number of aliphatic hydroxyl groups is 1. The van der Waals surface area contributed by atoms with Crippen molar-refractivity contribution in [3.05, 3.63) is 71.9 Å². The molecule has 0 saturated carbocycles. The Hall–Kier alpha value is -3.36. The quantitative estimate of drug-likeness (QED) is 0.503. The first-order valence-corrected chi connectivity index (χ1v) is 11.0. The van der Waals surface area contributed by atoms with Gasteiger partial charge in [0, 0.05) is 56.0 Å². The van der Waals surface area contributed by atoms with Gasteiger partial charge in [-0.2, -0.15) is 9.61 Å². The Balaban J connectivity index is 1.68. The number of hydrogen-bond acceptors (Lipinski definition) is 5. The highest BCUT2D eigenvalue weighted by Crippen LogP contribution is 2.34. The number of aromatic nitrogens is 3. The molecule has 0 bridgehead atoms. The second-order valence-corrected chi connectivity index (χ2v) is 8.24. The number of nitrogens with zero attached hydrogens (tertiary/aromatic N) is 5. The van der Waals surface area contributed by atoms with E-state index in [1.54, 1.807) is 4.52 Å². The summed E-state index contributed by atoms with van der Waals surface area (Å²) in [5, 5.41) is 14.0. The summed E-state index contributed by atoms with van der Waals surface area (Å²) in [6.45, 7) is 5.80. The maximum atomic E-state index is 14.8. The molecule has 0 unspecified atom stereocenters. The zero-order chi connectivity index (χ0) is 22.9. The summed E-state index contributed by atoms with van der Waals surface area (Å²) in [6, 6.07) is 15.4. The number of benzene rings is 2. The van der Waals surface area contributed by atoms with Gasteiger partial charge in [-0.15, -0.1) is 0 Å². The molecule has 0 atom stereocenters. The maximum Gasteiger partial charge on any atom is 0.166 e. The molecule has 1 aliphatic rings. The maximum absolute atomic E-state index is 14.8. The number of hydrogen-bond donors (Lipinski definition) is 1. The number of β-amino-alcohol motifs (C(OH)–C–C–N with tert-alkyl or cyclic N) is 1. The van der Waals surface area contributed by atoms with Crippen LogP contribution >= 0.6 is 0 Å². The molecule has 3 heterocycles. The van der Waals surface area contributed by atoms with Crippen molar-refractivity contribution in [2.24, 2.45) is 0 Å². The Bertz CT molecular complexity index is 1280. The number of fused-ring (bicyclic) bond motifs is 1. The van der Waals surface area contributed by atoms with Crippen molar-refractivity contribution < 1.29 is 13.9 Å². The molecule has 170 valence electrons. The molecule has 1 fully saturated rings. The Kier molecular flexibility index (Phi) is 5.78. The van der Waals surface area contributed by atoms with Crippen molar-refractivity contribution in [3.8, 4) is 22.4 Å². The predicted octanol–water partition coefficient (Wildman–Crippen LogP) is 3.76. The van der Waals surface area contributed by atoms with Gasteiger partial charge >= 0.3 is 0 Å². The minimum atomic E-state index is -0.640. The van der Waals surface area contributed by atoms with Crippen molar-refractivity contribution in [1.29, 1.82) is 0 Å². The summed E-state index contributed by atoms with van der Waals surface area (Å²) in [4.78, 5) is 9.34. The Morgan fingerprint density at radius 2 is 1.73 bits per heavy atom. The second kappa shape index (κ2) is 8.88. The van der Waals surface area contributed by atoms with Gasteiger partial charge in [0.2, 0.25) is 0 Å². The summed E-state index contributed by atoms with van der Waals surface area (Å²) in [6.07, 6.45) is 0. The summed E-state index contributed by atoms with van der Waals surface area (Å²) in [5.74, 6) is -0.386. The van der Waals surface area contributed by atoms with Crippen molar-refractivity contribution >= 4 is 11.5 Å². The molecule has 33 heavy (non-hydrogen) atoms. The molecule has 6 nitrogen and oxygen atoms in total. The van der Waals surface area contributed by atoms with Gasteiger partial charge in [0.15, 0.2) is 5.65 Å². The topological polar surface area (TPSA) is 56.9 Å². The second-order valence-electron chi connectivity index (χ2n) is 8.24. The zero-order valence-corrected chi connectivity index (χ0v) is 18.4. The molecule has 0 radical (unpaired) electrons. The van der Waals surface area contributed by atoms with Crippen LogP contribution in [-0.4, -0.2) is 63.9 Å². The summed E-state index contributed by atoms with van der Waals surface area (Å²) < 4.78 is 30.1. The fraction of sp³-hybridized carbons (Fsp3) is 0.280. The van der Waals surface area contributed by atoms with Crippen LogP contribution in [0.15, 0.2) is 54.6 Å². The molecule has 8 heteroatoms. The predicted molar refractivity (Wildman–Crippen MR) is 124 cm³/mol. The van der Waals surface area contributed by atoms with Crippen LogP contribution < -0.4 is 4.90 Å². The molecule has 2 aromatic heterocycles. The number of anilines is 1. The van der Waals surface area contributed by atoms with Crippen LogP contribution in [0.2, 0.25) is 0 Å². The molecule has 5 rings (SSSR count). The first-order valence-electron chi connectivity index (χ1n) is 11.0. The van der Waals surface area contributed by atoms with E-state index >= 15 is 0 Å². The number of rotatable bonds is 5. The fourth-order valence-corrected chi connectivity index (χ4v) is 4.44. The van der Waals surface area contributed by atoms with E-state index in [2.05, 4.69) is 9.80 Å². The van der Waals surface area contributed by atoms with Gasteiger partial charge in [0.25, 0.3) is 0 Å². The van der Waals surface area contributed by atoms with Gasteiger partial charge in [-0.3, -0.25) is 4.90 Å². The van der Waals surface area contributed by atoms with Crippen molar-refractivity contribution in [3.63, 3.8) is 0 Å². The molecular formula is C25H25F2N5O. The molecule has 1 N–H and O–H groups in total. The molecule has 0 aliphatic carbocycles. The molecule has 2 aromatic carbocycles. The van der Waals surface area contributed by atoms with Crippen LogP contribution in [0.25, 0.3) is 28.0 Å². The van der Waals surface area contributed by atoms with Crippen molar-refractivity contribution in [1.82, 2.24) is 19.5 Å². The molecule has 0 amide bonds. The Morgan fingerprint density at radius 1 is 0.970 bits per heavy atom. The SMILES string of the molecule is Cc1nn2c(N3CCN(CCO)CC3)cc(-c3ccccc3)nc2c1-c1ccc(F)cc1F. The minimum absolute atomic E-state index is 0.141. The van der Waals surface area contributed by atoms with Gasteiger partial charge < -0.3 is 10.0 Å². The van der Waals surface area contributed by atoms with E-state index in [0.717, 1.165) is 49.3 Å². The standard InChI is InChI=1S/C25H25F2N5O/c1-17-24(20-8-7-19(26)15-21(20)27)25-28-22(18-5-3-2-4-6-18)16-23(32(25)29-17)31-11-9-30(10-12-31)13-14-33/h2-8,15-16,33H,9-14H2,1H3. The Morgan fingerprint density at radius 3 is 2.42 bits per heavy atom. The normalized spacial score (nSPS) is 14.8. The average Bonchev–Trinajstić information content (AvgIpc) is 3.15. The van der Waals surface area contributed by atoms with Crippen LogP contribution in [0.5, 0.6) is 0 Å². The lowest BCUT2D eigenvalue weighted by atomic mass is 10.1. The van der Waals surface area contributed by atoms with E-state index in [0.29, 0.717) is 23.4 Å². The number of aliphatic hydroxyl groups excluding tert-OH is 1. The average molecular weight is 450 g/mol. The minimum Gasteiger partial charge on any atom is -0.395 e. The highest BCUT2D eigenvalue weighted by Gasteiger charge is 2.24. The van der Waals surface area contributed by atoms with Gasteiger partial charge in [0.05, 0.1) is 23.6 Å². The summed E-state index contributed by atoms with van der Waals surface area (Å²) >= 11 is 0. The monoisotopic (exact) mass is 449 g/mol. The van der Waals surface area contributed by atoms with E-state index in [4.69, 9.17) is 10.1 Å². The first-order chi connectivity index (χ1) is 16.0. The van der Waals surface area contributed by atoms with E-state index < -0.39 is 11.6 Å². The van der Waals surface area contributed by atoms with Crippen LogP contribution in [0, 0.1) is 18.6 Å². The summed E-state index contributed by atoms with van der Waals surface area (Å²) in [7, 11) is 0. The molecule has 1 aliphatic heterocycles.